The Balaban J connectivity index is 1.23. The molecular weight excluding hydrogens is 633 g/mol. The molecule has 1 unspecified atom stereocenters. The minimum absolute atomic E-state index is 0.102. The summed E-state index contributed by atoms with van der Waals surface area (Å²) in [7, 11) is -7.56. The van der Waals surface area contributed by atoms with Gasteiger partial charge in [-0.05, 0) is 129 Å². The van der Waals surface area contributed by atoms with E-state index in [0.29, 0.717) is 35.8 Å². The molecule has 0 bridgehead atoms. The van der Waals surface area contributed by atoms with Crippen molar-refractivity contribution in [1.82, 2.24) is 0 Å². The topological polar surface area (TPSA) is 104 Å². The maximum atomic E-state index is 13.3. The van der Waals surface area contributed by atoms with Gasteiger partial charge in [0.25, 0.3) is 0 Å². The van der Waals surface area contributed by atoms with Crippen LogP contribution in [0.3, 0.4) is 0 Å². The van der Waals surface area contributed by atoms with Crippen molar-refractivity contribution in [2.45, 2.75) is 60.1 Å². The maximum absolute atomic E-state index is 13.3. The highest BCUT2D eigenvalue weighted by Crippen LogP contribution is 2.31. The number of sulfone groups is 2. The molecule has 0 aliphatic carbocycles. The Labute approximate surface area is 276 Å². The van der Waals surface area contributed by atoms with Crippen LogP contribution in [0.15, 0.2) is 141 Å². The Hall–Kier alpha value is -4.73. The molecule has 0 radical (unpaired) electrons. The highest BCUT2D eigenvalue weighted by molar-refractivity contribution is 7.91. The van der Waals surface area contributed by atoms with E-state index < -0.39 is 25.1 Å². The number of aryl methyl sites for hydroxylation is 1. The molecule has 0 aliphatic heterocycles. The van der Waals surface area contributed by atoms with Gasteiger partial charge in [0.1, 0.15) is 28.8 Å². The summed E-state index contributed by atoms with van der Waals surface area (Å²) < 4.78 is 64.7. The normalized spacial score (nSPS) is 13.0. The van der Waals surface area contributed by atoms with Gasteiger partial charge in [-0.25, -0.2) is 16.8 Å². The van der Waals surface area contributed by atoms with Crippen LogP contribution in [0.4, 0.5) is 0 Å². The summed E-state index contributed by atoms with van der Waals surface area (Å²) in [6.45, 7) is 7.46. The zero-order valence-electron chi connectivity index (χ0n) is 26.6. The van der Waals surface area contributed by atoms with Crippen molar-refractivity contribution in [2.24, 2.45) is 5.41 Å². The van der Waals surface area contributed by atoms with Gasteiger partial charge in [0.2, 0.25) is 19.7 Å². The van der Waals surface area contributed by atoms with Crippen molar-refractivity contribution in [3.8, 4) is 23.0 Å². The Morgan fingerprint density at radius 2 is 0.851 bits per heavy atom. The van der Waals surface area contributed by atoms with Crippen molar-refractivity contribution in [1.29, 1.82) is 0 Å². The number of carbonyl (C=O) groups excluding carboxylic acids is 1. The Kier molecular flexibility index (Phi) is 9.70. The average Bonchev–Trinajstić information content (AvgIpc) is 3.07. The standard InChI is InChI=1S/C38H36O7S2/c1-5-38(4,28(3)39)26-29-8-18-34(19-9-29)46(40,41)35-20-14-32(15-21-35)45-33-16-24-37(25-17-33)47(42,43)36-22-12-31(13-23-36)44-30-10-6-27(2)7-11-30/h6-25H,5,26H2,1-4H3. The van der Waals surface area contributed by atoms with E-state index >= 15 is 0 Å². The monoisotopic (exact) mass is 668 g/mol. The van der Waals surface area contributed by atoms with Gasteiger partial charge < -0.3 is 9.47 Å². The number of ether oxygens (including phenoxy) is 2. The Morgan fingerprint density at radius 3 is 1.15 bits per heavy atom. The number of rotatable bonds is 12. The van der Waals surface area contributed by atoms with Crippen LogP contribution in [0.2, 0.25) is 0 Å². The number of ketones is 1. The lowest BCUT2D eigenvalue weighted by molar-refractivity contribution is -0.125. The predicted octanol–water partition coefficient (Wildman–Crippen LogP) is 8.79. The molecule has 0 saturated carbocycles. The SMILES string of the molecule is CCC(C)(Cc1ccc(S(=O)(=O)c2ccc(Oc3ccc(S(=O)(=O)c4ccc(Oc5ccc(C)cc5)cc4)cc3)cc2)cc1)C(C)=O. The lowest BCUT2D eigenvalue weighted by Gasteiger charge is -2.25. The van der Waals surface area contributed by atoms with Crippen LogP contribution >= 0.6 is 0 Å². The van der Waals surface area contributed by atoms with Crippen molar-refractivity contribution in [3.63, 3.8) is 0 Å². The zero-order chi connectivity index (χ0) is 33.8. The number of hydrogen-bond acceptors (Lipinski definition) is 7. The molecule has 0 heterocycles. The lowest BCUT2D eigenvalue weighted by Crippen LogP contribution is -2.27. The van der Waals surface area contributed by atoms with E-state index in [0.717, 1.165) is 11.1 Å². The van der Waals surface area contributed by atoms with Crippen LogP contribution in [-0.2, 0) is 30.9 Å². The zero-order valence-corrected chi connectivity index (χ0v) is 28.3. The number of benzene rings is 5. The second-order valence-electron chi connectivity index (χ2n) is 11.7. The summed E-state index contributed by atoms with van der Waals surface area (Å²) in [6.07, 6.45) is 1.23. The van der Waals surface area contributed by atoms with Crippen molar-refractivity contribution in [3.05, 3.63) is 132 Å². The fourth-order valence-electron chi connectivity index (χ4n) is 4.95. The molecule has 0 saturated heterocycles. The molecule has 5 aromatic carbocycles. The molecule has 0 aromatic heterocycles. The van der Waals surface area contributed by atoms with Crippen LogP contribution in [0.1, 0.15) is 38.3 Å². The smallest absolute Gasteiger partial charge is 0.206 e. The van der Waals surface area contributed by atoms with Gasteiger partial charge in [0.15, 0.2) is 0 Å². The molecular formula is C38H36O7S2. The third kappa shape index (κ3) is 7.64. The van der Waals surface area contributed by atoms with Crippen LogP contribution < -0.4 is 9.47 Å². The number of Topliss-reactive ketones (excluding diaryl/α,β-unsaturated/α-hetero) is 1. The molecule has 7 nitrogen and oxygen atoms in total. The average molecular weight is 669 g/mol. The Bertz CT molecular complexity index is 2070. The maximum Gasteiger partial charge on any atom is 0.206 e. The van der Waals surface area contributed by atoms with Crippen LogP contribution in [0.5, 0.6) is 23.0 Å². The Morgan fingerprint density at radius 1 is 0.553 bits per heavy atom. The summed E-state index contributed by atoms with van der Waals surface area (Å²) >= 11 is 0. The highest BCUT2D eigenvalue weighted by Gasteiger charge is 2.28. The van der Waals surface area contributed by atoms with Gasteiger partial charge in [-0.1, -0.05) is 43.7 Å². The summed E-state index contributed by atoms with van der Waals surface area (Å²) in [5, 5.41) is 0. The quantitative estimate of drug-likeness (QED) is 0.131. The molecule has 5 rings (SSSR count). The number of carbonyl (C=O) groups is 1. The highest BCUT2D eigenvalue weighted by atomic mass is 32.2. The van der Waals surface area contributed by atoms with Gasteiger partial charge in [-0.15, -0.1) is 0 Å². The van der Waals surface area contributed by atoms with Gasteiger partial charge >= 0.3 is 0 Å². The van der Waals surface area contributed by atoms with Gasteiger partial charge in [0, 0.05) is 5.41 Å². The fraction of sp³-hybridized carbons (Fsp3) is 0.184. The second kappa shape index (κ2) is 13.6. The summed E-state index contributed by atoms with van der Waals surface area (Å²) in [5.74, 6) is 2.06. The second-order valence-corrected chi connectivity index (χ2v) is 15.6. The van der Waals surface area contributed by atoms with Crippen molar-refractivity contribution in [2.75, 3.05) is 0 Å². The molecule has 0 spiro atoms. The van der Waals surface area contributed by atoms with E-state index in [4.69, 9.17) is 9.47 Å². The lowest BCUT2D eigenvalue weighted by atomic mass is 9.78. The van der Waals surface area contributed by atoms with E-state index in [9.17, 15) is 21.6 Å². The summed E-state index contributed by atoms with van der Waals surface area (Å²) in [5.41, 5.74) is 1.52. The molecule has 9 heteroatoms. The molecule has 0 fully saturated rings. The van der Waals surface area contributed by atoms with Gasteiger partial charge in [-0.3, -0.25) is 4.79 Å². The first-order valence-electron chi connectivity index (χ1n) is 15.1. The van der Waals surface area contributed by atoms with Crippen LogP contribution in [0, 0.1) is 12.3 Å². The van der Waals surface area contributed by atoms with Crippen LogP contribution in [0.25, 0.3) is 0 Å². The van der Waals surface area contributed by atoms with E-state index in [-0.39, 0.29) is 25.4 Å². The fourth-order valence-corrected chi connectivity index (χ4v) is 7.47. The molecule has 0 aliphatic rings. The minimum Gasteiger partial charge on any atom is -0.457 e. The molecule has 242 valence electrons. The first-order chi connectivity index (χ1) is 22.3. The predicted molar refractivity (Wildman–Crippen MR) is 181 cm³/mol. The largest absolute Gasteiger partial charge is 0.457 e. The summed E-state index contributed by atoms with van der Waals surface area (Å²) in [4.78, 5) is 12.6. The van der Waals surface area contributed by atoms with E-state index in [2.05, 4.69) is 0 Å². The van der Waals surface area contributed by atoms with E-state index in [1.165, 1.54) is 36.4 Å². The van der Waals surface area contributed by atoms with Crippen molar-refractivity contribution >= 4 is 25.5 Å². The summed E-state index contributed by atoms with van der Waals surface area (Å²) in [6, 6.07) is 32.5. The number of hydrogen-bond donors (Lipinski definition) is 0. The van der Waals surface area contributed by atoms with Gasteiger partial charge in [-0.2, -0.15) is 0 Å². The van der Waals surface area contributed by atoms with E-state index in [1.54, 1.807) is 67.6 Å². The first kappa shape index (κ1) is 33.6. The third-order valence-corrected chi connectivity index (χ3v) is 11.9. The minimum atomic E-state index is -3.78. The molecule has 0 amide bonds. The van der Waals surface area contributed by atoms with Crippen LogP contribution in [-0.4, -0.2) is 22.6 Å². The van der Waals surface area contributed by atoms with Gasteiger partial charge in [0.05, 0.1) is 19.6 Å². The first-order valence-corrected chi connectivity index (χ1v) is 18.1. The third-order valence-electron chi connectivity index (χ3n) is 8.35. The molecule has 0 N–H and O–H groups in total. The molecule has 1 atom stereocenters. The molecule has 5 aromatic rings. The van der Waals surface area contributed by atoms with E-state index in [1.807, 2.05) is 45.0 Å². The van der Waals surface area contributed by atoms with Crippen molar-refractivity contribution < 1.29 is 31.1 Å². The molecule has 47 heavy (non-hydrogen) atoms.